The number of morpholine rings is 1. The van der Waals surface area contributed by atoms with Crippen molar-refractivity contribution in [1.29, 1.82) is 0 Å². The minimum absolute atomic E-state index is 0.106. The van der Waals surface area contributed by atoms with Crippen LogP contribution in [0.25, 0.3) is 22.3 Å². The van der Waals surface area contributed by atoms with E-state index in [0.29, 0.717) is 49.5 Å². The Morgan fingerprint density at radius 3 is 2.76 bits per heavy atom. The van der Waals surface area contributed by atoms with Crippen LogP contribution in [0.1, 0.15) is 12.0 Å². The predicted octanol–water partition coefficient (Wildman–Crippen LogP) is 3.39. The molecule has 1 saturated heterocycles. The summed E-state index contributed by atoms with van der Waals surface area (Å²) >= 11 is 0. The number of fused-ring (bicyclic) bond motifs is 1. The van der Waals surface area contributed by atoms with Crippen LogP contribution in [0.2, 0.25) is 0 Å². The molecule has 0 radical (unpaired) electrons. The number of anilines is 1. The molecule has 1 atom stereocenters. The molecule has 37 heavy (non-hydrogen) atoms. The van der Waals surface area contributed by atoms with E-state index in [4.69, 9.17) is 14.5 Å². The number of hydrogen-bond acceptors (Lipinski definition) is 8. The average molecular weight is 499 g/mol. The normalized spacial score (nSPS) is 15.5. The number of amides is 1. The van der Waals surface area contributed by atoms with Gasteiger partial charge in [-0.1, -0.05) is 18.2 Å². The van der Waals surface area contributed by atoms with Crippen molar-refractivity contribution in [2.24, 2.45) is 0 Å². The van der Waals surface area contributed by atoms with Crippen LogP contribution >= 0.6 is 0 Å². The average Bonchev–Trinajstić information content (AvgIpc) is 2.95. The lowest BCUT2D eigenvalue weighted by molar-refractivity contribution is -0.139. The largest absolute Gasteiger partial charge is 0.473 e. The molecule has 4 aromatic rings. The minimum atomic E-state index is -0.257. The quantitative estimate of drug-likeness (QED) is 0.365. The van der Waals surface area contributed by atoms with Gasteiger partial charge in [-0.2, -0.15) is 0 Å². The molecule has 1 amide bonds. The molecule has 0 saturated carbocycles. The van der Waals surface area contributed by atoms with E-state index < -0.39 is 0 Å². The minimum Gasteiger partial charge on any atom is -0.473 e. The summed E-state index contributed by atoms with van der Waals surface area (Å²) in [6, 6.07) is 14.0. The van der Waals surface area contributed by atoms with E-state index in [1.165, 1.54) is 0 Å². The molecule has 190 valence electrons. The Balaban J connectivity index is 1.27. The molecule has 9 nitrogen and oxygen atoms in total. The third-order valence-corrected chi connectivity index (χ3v) is 6.35. The SMILES string of the molecule is CN(C)c1ccc(-c2cc3nccnc3c(OC[C@@H]3CN(C(=O)CCc4cccnc4)CCO3)n2)cc1. The lowest BCUT2D eigenvalue weighted by atomic mass is 10.1. The maximum atomic E-state index is 12.8. The highest BCUT2D eigenvalue weighted by Gasteiger charge is 2.25. The molecular formula is C28H30N6O3. The standard InChI is InChI=1S/C28H30N6O3/c1-33(2)22-8-6-21(7-9-22)24-16-25-27(31-13-12-30-25)28(32-24)37-19-23-18-34(14-15-36-23)26(35)10-5-20-4-3-11-29-17-20/h3-4,6-9,11-13,16-17,23H,5,10,14-15,18-19H2,1-2H3/t23-/m0/s1. The molecule has 1 aliphatic rings. The lowest BCUT2D eigenvalue weighted by Gasteiger charge is -2.33. The van der Waals surface area contributed by atoms with Crippen LogP contribution in [0, 0.1) is 0 Å². The first-order valence-corrected chi connectivity index (χ1v) is 12.4. The van der Waals surface area contributed by atoms with Crippen LogP contribution in [-0.4, -0.2) is 77.2 Å². The molecule has 0 unspecified atom stereocenters. The van der Waals surface area contributed by atoms with E-state index in [1.807, 2.05) is 61.5 Å². The van der Waals surface area contributed by atoms with Crippen LogP contribution in [0.4, 0.5) is 5.69 Å². The summed E-state index contributed by atoms with van der Waals surface area (Å²) in [7, 11) is 4.02. The Labute approximate surface area is 216 Å². The number of carbonyl (C=O) groups excluding carboxylic acids is 1. The summed E-state index contributed by atoms with van der Waals surface area (Å²) < 4.78 is 12.1. The van der Waals surface area contributed by atoms with Gasteiger partial charge in [0, 0.05) is 63.1 Å². The molecule has 1 fully saturated rings. The number of rotatable bonds is 8. The zero-order valence-corrected chi connectivity index (χ0v) is 21.1. The fourth-order valence-corrected chi connectivity index (χ4v) is 4.30. The van der Waals surface area contributed by atoms with E-state index >= 15 is 0 Å². The third kappa shape index (κ3) is 6.00. The van der Waals surface area contributed by atoms with Gasteiger partial charge in [-0.3, -0.25) is 14.8 Å². The van der Waals surface area contributed by atoms with Crippen LogP contribution in [-0.2, 0) is 16.0 Å². The van der Waals surface area contributed by atoms with Crippen molar-refractivity contribution in [3.63, 3.8) is 0 Å². The molecule has 0 N–H and O–H groups in total. The molecule has 3 aromatic heterocycles. The van der Waals surface area contributed by atoms with Crippen molar-refractivity contribution >= 4 is 22.6 Å². The molecule has 9 heteroatoms. The number of benzene rings is 1. The van der Waals surface area contributed by atoms with Crippen LogP contribution in [0.5, 0.6) is 5.88 Å². The van der Waals surface area contributed by atoms with Crippen molar-refractivity contribution in [3.05, 3.63) is 72.8 Å². The first kappa shape index (κ1) is 24.6. The Morgan fingerprint density at radius 1 is 1.14 bits per heavy atom. The van der Waals surface area contributed by atoms with Gasteiger partial charge >= 0.3 is 0 Å². The summed E-state index contributed by atoms with van der Waals surface area (Å²) in [5.74, 6) is 0.510. The molecule has 0 aliphatic carbocycles. The number of nitrogens with zero attached hydrogens (tertiary/aromatic N) is 6. The molecular weight excluding hydrogens is 468 g/mol. The number of aryl methyl sites for hydroxylation is 1. The van der Waals surface area contributed by atoms with Crippen LogP contribution in [0.15, 0.2) is 67.3 Å². The fourth-order valence-electron chi connectivity index (χ4n) is 4.30. The summed E-state index contributed by atoms with van der Waals surface area (Å²) in [6.07, 6.45) is 7.67. The van der Waals surface area contributed by atoms with Gasteiger partial charge in [-0.15, -0.1) is 0 Å². The molecule has 1 aromatic carbocycles. The lowest BCUT2D eigenvalue weighted by Crippen LogP contribution is -2.47. The highest BCUT2D eigenvalue weighted by atomic mass is 16.5. The van der Waals surface area contributed by atoms with Crippen molar-refractivity contribution in [2.75, 3.05) is 45.3 Å². The van der Waals surface area contributed by atoms with Crippen LogP contribution < -0.4 is 9.64 Å². The smallest absolute Gasteiger partial charge is 0.242 e. The molecule has 0 bridgehead atoms. The second-order valence-electron chi connectivity index (χ2n) is 9.18. The maximum Gasteiger partial charge on any atom is 0.242 e. The number of pyridine rings is 2. The zero-order chi connectivity index (χ0) is 25.6. The Bertz CT molecular complexity index is 1350. The topological polar surface area (TPSA) is 93.6 Å². The van der Waals surface area contributed by atoms with E-state index in [0.717, 1.165) is 22.5 Å². The molecule has 4 heterocycles. The maximum absolute atomic E-state index is 12.8. The number of carbonyl (C=O) groups is 1. The van der Waals surface area contributed by atoms with Gasteiger partial charge in [-0.05, 0) is 36.2 Å². The highest BCUT2D eigenvalue weighted by Crippen LogP contribution is 2.28. The Morgan fingerprint density at radius 2 is 1.97 bits per heavy atom. The molecule has 0 spiro atoms. The van der Waals surface area contributed by atoms with Crippen molar-refractivity contribution in [1.82, 2.24) is 24.8 Å². The van der Waals surface area contributed by atoms with Gasteiger partial charge in [0.1, 0.15) is 12.7 Å². The van der Waals surface area contributed by atoms with Gasteiger partial charge in [0.25, 0.3) is 0 Å². The van der Waals surface area contributed by atoms with Crippen molar-refractivity contribution < 1.29 is 14.3 Å². The Hall–Kier alpha value is -4.11. The molecule has 1 aliphatic heterocycles. The van der Waals surface area contributed by atoms with Gasteiger partial charge in [0.15, 0.2) is 5.52 Å². The second kappa shape index (κ2) is 11.3. The monoisotopic (exact) mass is 498 g/mol. The second-order valence-corrected chi connectivity index (χ2v) is 9.18. The first-order valence-electron chi connectivity index (χ1n) is 12.4. The van der Waals surface area contributed by atoms with E-state index in [1.54, 1.807) is 24.8 Å². The third-order valence-electron chi connectivity index (χ3n) is 6.35. The van der Waals surface area contributed by atoms with Gasteiger partial charge in [0.2, 0.25) is 11.8 Å². The van der Waals surface area contributed by atoms with E-state index in [9.17, 15) is 4.79 Å². The summed E-state index contributed by atoms with van der Waals surface area (Å²) in [5.41, 5.74) is 5.17. The van der Waals surface area contributed by atoms with Gasteiger partial charge in [-0.25, -0.2) is 9.97 Å². The van der Waals surface area contributed by atoms with Crippen molar-refractivity contribution in [2.45, 2.75) is 18.9 Å². The zero-order valence-electron chi connectivity index (χ0n) is 21.1. The first-order chi connectivity index (χ1) is 18.1. The Kier molecular flexibility index (Phi) is 7.51. The molecule has 5 rings (SSSR count). The summed E-state index contributed by atoms with van der Waals surface area (Å²) in [6.45, 7) is 1.78. The number of aromatic nitrogens is 4. The van der Waals surface area contributed by atoms with Gasteiger partial charge < -0.3 is 19.3 Å². The number of ether oxygens (including phenoxy) is 2. The van der Waals surface area contributed by atoms with E-state index in [-0.39, 0.29) is 18.6 Å². The fraction of sp³-hybridized carbons (Fsp3) is 0.321. The number of hydrogen-bond donors (Lipinski definition) is 0. The summed E-state index contributed by atoms with van der Waals surface area (Å²) in [5, 5.41) is 0. The highest BCUT2D eigenvalue weighted by molar-refractivity contribution is 5.83. The van der Waals surface area contributed by atoms with Gasteiger partial charge in [0.05, 0.1) is 24.4 Å². The van der Waals surface area contributed by atoms with E-state index in [2.05, 4.69) is 19.9 Å². The van der Waals surface area contributed by atoms with Crippen molar-refractivity contribution in [3.8, 4) is 17.1 Å². The predicted molar refractivity (Wildman–Crippen MR) is 141 cm³/mol. The summed E-state index contributed by atoms with van der Waals surface area (Å²) in [4.78, 5) is 34.5. The van der Waals surface area contributed by atoms with Crippen LogP contribution in [0.3, 0.4) is 0 Å².